The molecule has 3 heterocycles. The Morgan fingerprint density at radius 1 is 1.04 bits per heavy atom. The highest BCUT2D eigenvalue weighted by Crippen LogP contribution is 2.10. The molecule has 0 unspecified atom stereocenters. The van der Waals surface area contributed by atoms with E-state index in [1.165, 1.54) is 5.56 Å². The Bertz CT molecular complexity index is 912. The molecule has 3 aromatic rings. The van der Waals surface area contributed by atoms with Crippen LogP contribution in [0.5, 0.6) is 0 Å². The van der Waals surface area contributed by atoms with Gasteiger partial charge in [0.2, 0.25) is 0 Å². The Morgan fingerprint density at radius 2 is 1.78 bits per heavy atom. The minimum absolute atomic E-state index is 0.180. The Morgan fingerprint density at radius 3 is 2.56 bits per heavy atom. The van der Waals surface area contributed by atoms with Gasteiger partial charge < -0.3 is 10.2 Å². The summed E-state index contributed by atoms with van der Waals surface area (Å²) in [7, 11) is 2.17. The first-order valence-electron chi connectivity index (χ1n) is 9.25. The van der Waals surface area contributed by atoms with Gasteiger partial charge in [-0.1, -0.05) is 24.3 Å². The summed E-state index contributed by atoms with van der Waals surface area (Å²) >= 11 is 0. The van der Waals surface area contributed by atoms with Crippen LogP contribution in [0.15, 0.2) is 48.8 Å². The van der Waals surface area contributed by atoms with E-state index in [1.54, 1.807) is 29.0 Å². The fraction of sp³-hybridized carbons (Fsp3) is 0.350. The fourth-order valence-electron chi connectivity index (χ4n) is 3.24. The number of hydrogen-bond donors (Lipinski definition) is 1. The number of amides is 1. The molecule has 2 aromatic heterocycles. The van der Waals surface area contributed by atoms with E-state index in [-0.39, 0.29) is 5.91 Å². The molecular weight excluding hydrogens is 340 g/mol. The molecule has 1 amide bonds. The molecule has 0 bridgehead atoms. The average molecular weight is 364 g/mol. The number of likely N-dealkylation sites (N-methyl/N-ethyl adjacent to an activating group) is 1. The second kappa shape index (κ2) is 7.85. The molecule has 1 aromatic carbocycles. The van der Waals surface area contributed by atoms with E-state index in [0.717, 1.165) is 38.3 Å². The van der Waals surface area contributed by atoms with E-state index in [9.17, 15) is 4.79 Å². The number of rotatable bonds is 5. The van der Waals surface area contributed by atoms with Crippen molar-refractivity contribution < 1.29 is 4.79 Å². The van der Waals surface area contributed by atoms with Gasteiger partial charge in [0.05, 0.1) is 6.20 Å². The largest absolute Gasteiger partial charge is 0.347 e. The zero-order valence-electron chi connectivity index (χ0n) is 15.5. The van der Waals surface area contributed by atoms with Crippen molar-refractivity contribution in [3.63, 3.8) is 0 Å². The second-order valence-electron chi connectivity index (χ2n) is 7.03. The van der Waals surface area contributed by atoms with E-state index in [0.29, 0.717) is 17.9 Å². The van der Waals surface area contributed by atoms with Crippen LogP contribution in [-0.4, -0.2) is 63.5 Å². The minimum Gasteiger partial charge on any atom is -0.347 e. The summed E-state index contributed by atoms with van der Waals surface area (Å²) in [4.78, 5) is 21.5. The minimum atomic E-state index is -0.180. The maximum Gasteiger partial charge on any atom is 0.270 e. The Hall–Kier alpha value is -2.77. The number of carbonyl (C=O) groups is 1. The van der Waals surface area contributed by atoms with Crippen molar-refractivity contribution in [2.45, 2.75) is 13.1 Å². The SMILES string of the molecule is CN1CCN(Cc2ccc(CNC(=O)c3ccn4nccc4n3)cc2)CC1. The van der Waals surface area contributed by atoms with Gasteiger partial charge >= 0.3 is 0 Å². The van der Waals surface area contributed by atoms with Crippen molar-refractivity contribution in [2.24, 2.45) is 0 Å². The molecule has 140 valence electrons. The van der Waals surface area contributed by atoms with E-state index >= 15 is 0 Å². The number of fused-ring (bicyclic) bond motifs is 1. The lowest BCUT2D eigenvalue weighted by atomic mass is 10.1. The van der Waals surface area contributed by atoms with Gasteiger partial charge in [0, 0.05) is 51.5 Å². The van der Waals surface area contributed by atoms with Crippen molar-refractivity contribution in [2.75, 3.05) is 33.2 Å². The normalized spacial score (nSPS) is 15.9. The van der Waals surface area contributed by atoms with E-state index in [4.69, 9.17) is 0 Å². The number of nitrogens with one attached hydrogen (secondary N) is 1. The van der Waals surface area contributed by atoms with Crippen LogP contribution in [0.3, 0.4) is 0 Å². The standard InChI is InChI=1S/C20H24N6O/c1-24-10-12-25(13-11-24)15-17-4-2-16(3-5-17)14-21-20(27)18-7-9-26-19(23-18)6-8-22-26/h2-9H,10-15H2,1H3,(H,21,27). The van der Waals surface area contributed by atoms with Gasteiger partial charge in [-0.3, -0.25) is 9.69 Å². The molecule has 1 aliphatic heterocycles. The summed E-state index contributed by atoms with van der Waals surface area (Å²) < 4.78 is 1.63. The first-order chi connectivity index (χ1) is 13.2. The molecule has 7 nitrogen and oxygen atoms in total. The van der Waals surface area contributed by atoms with Crippen molar-refractivity contribution >= 4 is 11.6 Å². The molecule has 7 heteroatoms. The lowest BCUT2D eigenvalue weighted by Gasteiger charge is -2.32. The van der Waals surface area contributed by atoms with Gasteiger partial charge in [0.1, 0.15) is 5.69 Å². The van der Waals surface area contributed by atoms with Crippen LogP contribution in [0.2, 0.25) is 0 Å². The number of nitrogens with zero attached hydrogens (tertiary/aromatic N) is 5. The lowest BCUT2D eigenvalue weighted by molar-refractivity contribution is 0.0946. The molecule has 0 saturated carbocycles. The zero-order chi connectivity index (χ0) is 18.6. The predicted octanol–water partition coefficient (Wildman–Crippen LogP) is 1.41. The molecule has 0 aliphatic carbocycles. The molecule has 27 heavy (non-hydrogen) atoms. The van der Waals surface area contributed by atoms with Crippen LogP contribution in [0, 0.1) is 0 Å². The van der Waals surface area contributed by atoms with Crippen LogP contribution in [0.25, 0.3) is 5.65 Å². The van der Waals surface area contributed by atoms with Crippen molar-refractivity contribution in [3.05, 3.63) is 65.6 Å². The summed E-state index contributed by atoms with van der Waals surface area (Å²) in [6, 6.07) is 11.9. The van der Waals surface area contributed by atoms with Gasteiger partial charge in [0.15, 0.2) is 5.65 Å². The number of hydrogen-bond acceptors (Lipinski definition) is 5. The highest BCUT2D eigenvalue weighted by molar-refractivity contribution is 5.92. The van der Waals surface area contributed by atoms with Crippen molar-refractivity contribution in [3.8, 4) is 0 Å². The molecule has 1 aliphatic rings. The maximum atomic E-state index is 12.3. The first-order valence-corrected chi connectivity index (χ1v) is 9.25. The molecule has 1 N–H and O–H groups in total. The number of piperazine rings is 1. The number of carbonyl (C=O) groups excluding carboxylic acids is 1. The van der Waals surface area contributed by atoms with Gasteiger partial charge in [0.25, 0.3) is 5.91 Å². The maximum absolute atomic E-state index is 12.3. The van der Waals surface area contributed by atoms with E-state index in [2.05, 4.69) is 56.5 Å². The van der Waals surface area contributed by atoms with Crippen molar-refractivity contribution in [1.82, 2.24) is 29.7 Å². The third-order valence-corrected chi connectivity index (χ3v) is 4.97. The summed E-state index contributed by atoms with van der Waals surface area (Å²) in [5, 5.41) is 7.01. The third kappa shape index (κ3) is 4.32. The smallest absolute Gasteiger partial charge is 0.270 e. The van der Waals surface area contributed by atoms with Crippen LogP contribution < -0.4 is 5.32 Å². The van der Waals surface area contributed by atoms with Crippen LogP contribution in [-0.2, 0) is 13.1 Å². The predicted molar refractivity (Wildman–Crippen MR) is 103 cm³/mol. The molecule has 0 radical (unpaired) electrons. The van der Waals surface area contributed by atoms with E-state index < -0.39 is 0 Å². The Labute approximate surface area is 158 Å². The summed E-state index contributed by atoms with van der Waals surface area (Å²) in [6.45, 7) is 5.95. The third-order valence-electron chi connectivity index (χ3n) is 4.97. The number of aromatic nitrogens is 3. The zero-order valence-corrected chi connectivity index (χ0v) is 15.5. The lowest BCUT2D eigenvalue weighted by Crippen LogP contribution is -2.43. The fourth-order valence-corrected chi connectivity index (χ4v) is 3.24. The number of benzene rings is 1. The quantitative estimate of drug-likeness (QED) is 0.742. The van der Waals surface area contributed by atoms with Crippen molar-refractivity contribution in [1.29, 1.82) is 0 Å². The Kier molecular flexibility index (Phi) is 5.13. The summed E-state index contributed by atoms with van der Waals surface area (Å²) in [5.41, 5.74) is 3.45. The van der Waals surface area contributed by atoms with Crippen LogP contribution in [0.4, 0.5) is 0 Å². The Balaban J connectivity index is 1.31. The monoisotopic (exact) mass is 364 g/mol. The molecule has 1 saturated heterocycles. The topological polar surface area (TPSA) is 65.8 Å². The van der Waals surface area contributed by atoms with Gasteiger partial charge in [-0.25, -0.2) is 9.50 Å². The van der Waals surface area contributed by atoms with Gasteiger partial charge in [-0.05, 0) is 24.2 Å². The van der Waals surface area contributed by atoms with Crippen LogP contribution >= 0.6 is 0 Å². The average Bonchev–Trinajstić information content (AvgIpc) is 3.17. The van der Waals surface area contributed by atoms with E-state index in [1.807, 2.05) is 0 Å². The summed E-state index contributed by atoms with van der Waals surface area (Å²) in [6.07, 6.45) is 3.40. The second-order valence-corrected chi connectivity index (χ2v) is 7.03. The highest BCUT2D eigenvalue weighted by atomic mass is 16.1. The summed E-state index contributed by atoms with van der Waals surface area (Å²) in [5.74, 6) is -0.180. The first kappa shape index (κ1) is 17.6. The molecule has 1 fully saturated rings. The highest BCUT2D eigenvalue weighted by Gasteiger charge is 2.14. The molecule has 0 spiro atoms. The molecular formula is C20H24N6O. The van der Waals surface area contributed by atoms with Gasteiger partial charge in [-0.15, -0.1) is 0 Å². The molecule has 0 atom stereocenters. The van der Waals surface area contributed by atoms with Crippen LogP contribution in [0.1, 0.15) is 21.6 Å². The molecule has 4 rings (SSSR count). The van der Waals surface area contributed by atoms with Gasteiger partial charge in [-0.2, -0.15) is 5.10 Å².